The lowest BCUT2D eigenvalue weighted by molar-refractivity contribution is -0.122. The van der Waals surface area contributed by atoms with Gasteiger partial charge in [0.15, 0.2) is 0 Å². The first-order valence-corrected chi connectivity index (χ1v) is 6.47. The second-order valence-corrected chi connectivity index (χ2v) is 5.25. The van der Waals surface area contributed by atoms with Crippen LogP contribution < -0.4 is 10.2 Å². The van der Waals surface area contributed by atoms with Crippen molar-refractivity contribution >= 4 is 11.6 Å². The number of nitrogens with zero attached hydrogens (tertiary/aromatic N) is 1. The molecule has 0 radical (unpaired) electrons. The van der Waals surface area contributed by atoms with Gasteiger partial charge in [0.2, 0.25) is 5.91 Å². The van der Waals surface area contributed by atoms with Crippen molar-refractivity contribution < 1.29 is 9.18 Å². The van der Waals surface area contributed by atoms with Crippen LogP contribution in [0.15, 0.2) is 18.2 Å². The average molecular weight is 248 g/mol. The highest BCUT2D eigenvalue weighted by atomic mass is 19.1. The van der Waals surface area contributed by atoms with Crippen LogP contribution in [0.5, 0.6) is 0 Å². The predicted octanol–water partition coefficient (Wildman–Crippen LogP) is 1.57. The fourth-order valence-corrected chi connectivity index (χ4v) is 2.92. The Kier molecular flexibility index (Phi) is 2.82. The van der Waals surface area contributed by atoms with E-state index < -0.39 is 0 Å². The topological polar surface area (TPSA) is 32.3 Å². The average Bonchev–Trinajstić information content (AvgIpc) is 2.94. The van der Waals surface area contributed by atoms with Crippen molar-refractivity contribution in [2.75, 3.05) is 24.5 Å². The summed E-state index contributed by atoms with van der Waals surface area (Å²) in [5.74, 6) is 0.247. The molecule has 2 aliphatic rings. The van der Waals surface area contributed by atoms with E-state index in [-0.39, 0.29) is 17.6 Å². The fourth-order valence-electron chi connectivity index (χ4n) is 2.92. The van der Waals surface area contributed by atoms with Crippen LogP contribution in [0.4, 0.5) is 10.1 Å². The number of anilines is 1. The number of rotatable bonds is 1. The zero-order chi connectivity index (χ0) is 12.7. The van der Waals surface area contributed by atoms with E-state index in [1.165, 1.54) is 12.1 Å². The molecule has 2 unspecified atom stereocenters. The maximum absolute atomic E-state index is 13.3. The summed E-state index contributed by atoms with van der Waals surface area (Å²) in [4.78, 5) is 14.3. The Bertz CT molecular complexity index is 489. The molecular weight excluding hydrogens is 231 g/mol. The van der Waals surface area contributed by atoms with Gasteiger partial charge < -0.3 is 10.2 Å². The first-order chi connectivity index (χ1) is 8.66. The molecule has 1 N–H and O–H groups in total. The monoisotopic (exact) mass is 248 g/mol. The normalized spacial score (nSPS) is 26.4. The summed E-state index contributed by atoms with van der Waals surface area (Å²) in [6.07, 6.45) is 0.829. The molecule has 3 nitrogen and oxygen atoms in total. The third-order valence-electron chi connectivity index (χ3n) is 4.04. The van der Waals surface area contributed by atoms with Crippen LogP contribution >= 0.6 is 0 Å². The second kappa shape index (κ2) is 4.35. The summed E-state index contributed by atoms with van der Waals surface area (Å²) in [6, 6.07) is 4.73. The van der Waals surface area contributed by atoms with Crippen molar-refractivity contribution in [3.8, 4) is 0 Å². The largest absolute Gasteiger partial charge is 0.316 e. The zero-order valence-corrected chi connectivity index (χ0v) is 10.4. The van der Waals surface area contributed by atoms with Crippen molar-refractivity contribution in [2.45, 2.75) is 13.3 Å². The number of nitrogens with one attached hydrogen (secondary N) is 1. The molecular formula is C14H17FN2O. The molecule has 1 aromatic carbocycles. The number of benzene rings is 1. The Morgan fingerprint density at radius 1 is 1.44 bits per heavy atom. The molecule has 2 aliphatic heterocycles. The number of fused-ring (bicyclic) bond motifs is 1. The number of amides is 1. The van der Waals surface area contributed by atoms with Crippen LogP contribution in [0, 0.1) is 17.7 Å². The quantitative estimate of drug-likeness (QED) is 0.818. The lowest BCUT2D eigenvalue weighted by atomic mass is 9.96. The fraction of sp³-hybridized carbons (Fsp3) is 0.500. The van der Waals surface area contributed by atoms with E-state index in [0.29, 0.717) is 12.5 Å². The molecule has 1 saturated heterocycles. The first kappa shape index (κ1) is 11.7. The molecule has 3 rings (SSSR count). The summed E-state index contributed by atoms with van der Waals surface area (Å²) < 4.78 is 13.3. The lowest BCUT2D eigenvalue weighted by Crippen LogP contribution is -2.37. The standard InChI is InChI=1S/C14H17FN2O/c1-9-7-16-8-12(9)14(18)17-5-4-10-2-3-11(15)6-13(10)17/h2-3,6,9,12,16H,4-5,7-8H2,1H3. The summed E-state index contributed by atoms with van der Waals surface area (Å²) in [6.45, 7) is 4.40. The van der Waals surface area contributed by atoms with Gasteiger partial charge in [-0.15, -0.1) is 0 Å². The van der Waals surface area contributed by atoms with Crippen molar-refractivity contribution in [3.05, 3.63) is 29.6 Å². The summed E-state index contributed by atoms with van der Waals surface area (Å²) in [7, 11) is 0. The lowest BCUT2D eigenvalue weighted by Gasteiger charge is -2.23. The number of carbonyl (C=O) groups is 1. The van der Waals surface area contributed by atoms with E-state index >= 15 is 0 Å². The van der Waals surface area contributed by atoms with Gasteiger partial charge in [-0.2, -0.15) is 0 Å². The predicted molar refractivity (Wildman–Crippen MR) is 68.0 cm³/mol. The number of halogens is 1. The first-order valence-electron chi connectivity index (χ1n) is 6.47. The SMILES string of the molecule is CC1CNCC1C(=O)N1CCc2ccc(F)cc21. The van der Waals surface area contributed by atoms with E-state index in [1.54, 1.807) is 11.0 Å². The number of hydrogen-bond acceptors (Lipinski definition) is 2. The zero-order valence-electron chi connectivity index (χ0n) is 10.4. The Balaban J connectivity index is 1.87. The number of carbonyl (C=O) groups excluding carboxylic acids is 1. The third kappa shape index (κ3) is 1.81. The Hall–Kier alpha value is -1.42. The summed E-state index contributed by atoms with van der Waals surface area (Å²) >= 11 is 0. The van der Waals surface area contributed by atoms with Gasteiger partial charge in [0, 0.05) is 18.8 Å². The maximum Gasteiger partial charge on any atom is 0.231 e. The highest BCUT2D eigenvalue weighted by Crippen LogP contribution is 2.31. The Labute approximate surface area is 106 Å². The molecule has 96 valence electrons. The van der Waals surface area contributed by atoms with Crippen molar-refractivity contribution in [1.82, 2.24) is 5.32 Å². The van der Waals surface area contributed by atoms with Crippen LogP contribution in [0.25, 0.3) is 0 Å². The van der Waals surface area contributed by atoms with E-state index in [2.05, 4.69) is 12.2 Å². The summed E-state index contributed by atoms with van der Waals surface area (Å²) in [5, 5.41) is 3.24. The molecule has 2 heterocycles. The third-order valence-corrected chi connectivity index (χ3v) is 4.04. The molecule has 4 heteroatoms. The van der Waals surface area contributed by atoms with E-state index in [9.17, 15) is 9.18 Å². The molecule has 1 amide bonds. The van der Waals surface area contributed by atoms with E-state index in [0.717, 1.165) is 30.8 Å². The summed E-state index contributed by atoms with van der Waals surface area (Å²) in [5.41, 5.74) is 1.84. The molecule has 1 fully saturated rings. The van der Waals surface area contributed by atoms with Crippen LogP contribution in [0.3, 0.4) is 0 Å². The van der Waals surface area contributed by atoms with Crippen molar-refractivity contribution in [3.63, 3.8) is 0 Å². The molecule has 1 aromatic rings. The second-order valence-electron chi connectivity index (χ2n) is 5.25. The van der Waals surface area contributed by atoms with Crippen LogP contribution in [-0.4, -0.2) is 25.5 Å². The molecule has 18 heavy (non-hydrogen) atoms. The van der Waals surface area contributed by atoms with Gasteiger partial charge in [-0.05, 0) is 36.6 Å². The van der Waals surface area contributed by atoms with Gasteiger partial charge in [-0.25, -0.2) is 4.39 Å². The van der Waals surface area contributed by atoms with Crippen molar-refractivity contribution in [1.29, 1.82) is 0 Å². The number of hydrogen-bond donors (Lipinski definition) is 1. The minimum Gasteiger partial charge on any atom is -0.316 e. The molecule has 0 aromatic heterocycles. The highest BCUT2D eigenvalue weighted by molar-refractivity contribution is 5.97. The van der Waals surface area contributed by atoms with E-state index in [1.807, 2.05) is 0 Å². The van der Waals surface area contributed by atoms with E-state index in [4.69, 9.17) is 0 Å². The van der Waals surface area contributed by atoms with Crippen LogP contribution in [-0.2, 0) is 11.2 Å². The van der Waals surface area contributed by atoms with Crippen LogP contribution in [0.1, 0.15) is 12.5 Å². The smallest absolute Gasteiger partial charge is 0.231 e. The minimum absolute atomic E-state index is 0.0271. The molecule has 0 spiro atoms. The molecule has 0 aliphatic carbocycles. The Morgan fingerprint density at radius 2 is 2.28 bits per heavy atom. The highest BCUT2D eigenvalue weighted by Gasteiger charge is 2.35. The molecule has 2 atom stereocenters. The minimum atomic E-state index is -0.272. The van der Waals surface area contributed by atoms with Gasteiger partial charge in [-0.3, -0.25) is 4.79 Å². The van der Waals surface area contributed by atoms with Gasteiger partial charge in [0.05, 0.1) is 5.92 Å². The van der Waals surface area contributed by atoms with Gasteiger partial charge in [0.1, 0.15) is 5.82 Å². The van der Waals surface area contributed by atoms with Gasteiger partial charge in [0.25, 0.3) is 0 Å². The van der Waals surface area contributed by atoms with Crippen LogP contribution in [0.2, 0.25) is 0 Å². The maximum atomic E-state index is 13.3. The Morgan fingerprint density at radius 3 is 3.00 bits per heavy atom. The van der Waals surface area contributed by atoms with Gasteiger partial charge >= 0.3 is 0 Å². The molecule has 0 bridgehead atoms. The molecule has 0 saturated carbocycles. The van der Waals surface area contributed by atoms with Crippen molar-refractivity contribution in [2.24, 2.45) is 11.8 Å². The van der Waals surface area contributed by atoms with Gasteiger partial charge in [-0.1, -0.05) is 13.0 Å².